The van der Waals surface area contributed by atoms with E-state index in [2.05, 4.69) is 4.98 Å². The molecule has 1 aromatic rings. The highest BCUT2D eigenvalue weighted by atomic mass is 19.4. The largest absolute Gasteiger partial charge is 0.417 e. The van der Waals surface area contributed by atoms with Gasteiger partial charge in [0.2, 0.25) is 0 Å². The van der Waals surface area contributed by atoms with E-state index in [1.54, 1.807) is 0 Å². The highest BCUT2D eigenvalue weighted by Crippen LogP contribution is 2.28. The molecule has 0 saturated heterocycles. The normalized spacial score (nSPS) is 12.1. The number of hydrogen-bond donors (Lipinski definition) is 0. The number of pyridine rings is 1. The second-order valence-corrected chi connectivity index (χ2v) is 3.63. The molecule has 0 radical (unpaired) electrons. The molecule has 0 spiro atoms. The van der Waals surface area contributed by atoms with Gasteiger partial charge in [0.1, 0.15) is 0 Å². The highest BCUT2D eigenvalue weighted by molar-refractivity contribution is 5.17. The van der Waals surface area contributed by atoms with E-state index in [0.29, 0.717) is 18.0 Å². The average Bonchev–Trinajstić information content (AvgIpc) is 2.02. The second-order valence-electron chi connectivity index (χ2n) is 3.63. The van der Waals surface area contributed by atoms with Gasteiger partial charge in [0.25, 0.3) is 0 Å². The fourth-order valence-electron chi connectivity index (χ4n) is 1.13. The molecular formula is C10H12F3N. The van der Waals surface area contributed by atoms with Crippen molar-refractivity contribution in [1.29, 1.82) is 0 Å². The van der Waals surface area contributed by atoms with Gasteiger partial charge in [-0.25, -0.2) is 0 Å². The molecule has 0 amide bonds. The smallest absolute Gasteiger partial charge is 0.261 e. The van der Waals surface area contributed by atoms with Gasteiger partial charge in [-0.15, -0.1) is 0 Å². The monoisotopic (exact) mass is 203 g/mol. The molecule has 1 nitrogen and oxygen atoms in total. The molecule has 0 N–H and O–H groups in total. The SMILES string of the molecule is CC(C)Cc1ccc(C(F)(F)F)cn1. The minimum Gasteiger partial charge on any atom is -0.261 e. The average molecular weight is 203 g/mol. The lowest BCUT2D eigenvalue weighted by molar-refractivity contribution is -0.137. The standard InChI is InChI=1S/C10H12F3N/c1-7(2)5-9-4-3-8(6-14-9)10(11,12)13/h3-4,6-7H,5H2,1-2H3. The summed E-state index contributed by atoms with van der Waals surface area (Å²) in [7, 11) is 0. The van der Waals surface area contributed by atoms with E-state index in [1.165, 1.54) is 6.07 Å². The van der Waals surface area contributed by atoms with E-state index in [1.807, 2.05) is 13.8 Å². The number of hydrogen-bond acceptors (Lipinski definition) is 1. The molecule has 0 aliphatic carbocycles. The van der Waals surface area contributed by atoms with Crippen LogP contribution in [-0.2, 0) is 12.6 Å². The zero-order valence-corrected chi connectivity index (χ0v) is 8.10. The molecule has 1 rings (SSSR count). The van der Waals surface area contributed by atoms with Crippen LogP contribution >= 0.6 is 0 Å². The summed E-state index contributed by atoms with van der Waals surface area (Å²) in [6.45, 7) is 4.00. The van der Waals surface area contributed by atoms with Crippen molar-refractivity contribution >= 4 is 0 Å². The molecule has 78 valence electrons. The summed E-state index contributed by atoms with van der Waals surface area (Å²) < 4.78 is 36.4. The first-order chi connectivity index (χ1) is 6.39. The van der Waals surface area contributed by atoms with Crippen LogP contribution in [0.4, 0.5) is 13.2 Å². The van der Waals surface area contributed by atoms with E-state index in [4.69, 9.17) is 0 Å². The molecule has 0 unspecified atom stereocenters. The Morgan fingerprint density at radius 2 is 1.93 bits per heavy atom. The van der Waals surface area contributed by atoms with Crippen molar-refractivity contribution in [3.63, 3.8) is 0 Å². The summed E-state index contributed by atoms with van der Waals surface area (Å²) in [5, 5.41) is 0. The lowest BCUT2D eigenvalue weighted by atomic mass is 10.1. The maximum Gasteiger partial charge on any atom is 0.417 e. The van der Waals surface area contributed by atoms with Crippen LogP contribution < -0.4 is 0 Å². The number of alkyl halides is 3. The Kier molecular flexibility index (Phi) is 3.13. The highest BCUT2D eigenvalue weighted by Gasteiger charge is 2.30. The first-order valence-corrected chi connectivity index (χ1v) is 4.41. The first-order valence-electron chi connectivity index (χ1n) is 4.41. The Hall–Kier alpha value is -1.06. The topological polar surface area (TPSA) is 12.9 Å². The molecule has 0 aliphatic rings. The summed E-state index contributed by atoms with van der Waals surface area (Å²) in [4.78, 5) is 3.77. The summed E-state index contributed by atoms with van der Waals surface area (Å²) in [6.07, 6.45) is -2.70. The molecule has 0 aromatic carbocycles. The van der Waals surface area contributed by atoms with E-state index >= 15 is 0 Å². The molecule has 0 aliphatic heterocycles. The third-order valence-corrected chi connectivity index (χ3v) is 1.77. The summed E-state index contributed by atoms with van der Waals surface area (Å²) in [5.41, 5.74) is 0.0120. The third-order valence-electron chi connectivity index (χ3n) is 1.77. The Labute approximate surface area is 81.0 Å². The lowest BCUT2D eigenvalue weighted by Crippen LogP contribution is -2.06. The van der Waals surface area contributed by atoms with Gasteiger partial charge in [-0.3, -0.25) is 4.98 Å². The predicted octanol–water partition coefficient (Wildman–Crippen LogP) is 3.30. The molecule has 0 saturated carbocycles. The minimum absolute atomic E-state index is 0.402. The Morgan fingerprint density at radius 3 is 2.29 bits per heavy atom. The number of halogens is 3. The van der Waals surface area contributed by atoms with Crippen LogP contribution in [-0.4, -0.2) is 4.98 Å². The van der Waals surface area contributed by atoms with Gasteiger partial charge in [-0.05, 0) is 24.5 Å². The molecule has 0 atom stereocenters. The zero-order valence-electron chi connectivity index (χ0n) is 8.10. The predicted molar refractivity (Wildman–Crippen MR) is 47.8 cm³/mol. The van der Waals surface area contributed by atoms with Gasteiger partial charge in [-0.1, -0.05) is 13.8 Å². The Bertz CT molecular complexity index is 287. The van der Waals surface area contributed by atoms with Gasteiger partial charge in [0, 0.05) is 11.9 Å². The summed E-state index contributed by atoms with van der Waals surface area (Å²) in [6, 6.07) is 2.51. The van der Waals surface area contributed by atoms with E-state index in [0.717, 1.165) is 12.3 Å². The van der Waals surface area contributed by atoms with Crippen LogP contribution in [0.1, 0.15) is 25.1 Å². The molecule has 1 aromatic heterocycles. The lowest BCUT2D eigenvalue weighted by Gasteiger charge is -2.07. The van der Waals surface area contributed by atoms with Crippen molar-refractivity contribution < 1.29 is 13.2 Å². The fourth-order valence-corrected chi connectivity index (χ4v) is 1.13. The number of aromatic nitrogens is 1. The fraction of sp³-hybridized carbons (Fsp3) is 0.500. The quantitative estimate of drug-likeness (QED) is 0.718. The summed E-state index contributed by atoms with van der Waals surface area (Å²) >= 11 is 0. The first kappa shape index (κ1) is 11.0. The van der Waals surface area contributed by atoms with Crippen molar-refractivity contribution in [2.24, 2.45) is 5.92 Å². The van der Waals surface area contributed by atoms with Crippen LogP contribution in [0.25, 0.3) is 0 Å². The van der Waals surface area contributed by atoms with Crippen molar-refractivity contribution in [2.75, 3.05) is 0 Å². The zero-order chi connectivity index (χ0) is 10.8. The van der Waals surface area contributed by atoms with E-state index in [9.17, 15) is 13.2 Å². The van der Waals surface area contributed by atoms with Gasteiger partial charge in [0.05, 0.1) is 5.56 Å². The molecule has 0 fully saturated rings. The van der Waals surface area contributed by atoms with Crippen molar-refractivity contribution in [3.05, 3.63) is 29.6 Å². The molecule has 1 heterocycles. The number of rotatable bonds is 2. The van der Waals surface area contributed by atoms with Crippen molar-refractivity contribution in [1.82, 2.24) is 4.98 Å². The van der Waals surface area contributed by atoms with Crippen LogP contribution in [0, 0.1) is 5.92 Å². The molecule has 0 bridgehead atoms. The third kappa shape index (κ3) is 3.01. The van der Waals surface area contributed by atoms with Crippen molar-refractivity contribution in [2.45, 2.75) is 26.4 Å². The molecule has 14 heavy (non-hydrogen) atoms. The van der Waals surface area contributed by atoms with Crippen LogP contribution in [0.3, 0.4) is 0 Å². The molecular weight excluding hydrogens is 191 g/mol. The molecule has 4 heteroatoms. The van der Waals surface area contributed by atoms with Gasteiger partial charge in [-0.2, -0.15) is 13.2 Å². The van der Waals surface area contributed by atoms with E-state index < -0.39 is 11.7 Å². The summed E-state index contributed by atoms with van der Waals surface area (Å²) in [5.74, 6) is 0.402. The van der Waals surface area contributed by atoms with Crippen molar-refractivity contribution in [3.8, 4) is 0 Å². The Balaban J connectivity index is 2.79. The van der Waals surface area contributed by atoms with Gasteiger partial charge in [0.15, 0.2) is 0 Å². The van der Waals surface area contributed by atoms with Gasteiger partial charge >= 0.3 is 6.18 Å². The second kappa shape index (κ2) is 3.98. The number of nitrogens with zero attached hydrogens (tertiary/aromatic N) is 1. The van der Waals surface area contributed by atoms with Gasteiger partial charge < -0.3 is 0 Å². The Morgan fingerprint density at radius 1 is 1.29 bits per heavy atom. The van der Waals surface area contributed by atoms with E-state index in [-0.39, 0.29) is 0 Å². The minimum atomic E-state index is -4.29. The van der Waals surface area contributed by atoms with Crippen LogP contribution in [0.15, 0.2) is 18.3 Å². The maximum atomic E-state index is 12.1. The van der Waals surface area contributed by atoms with Crippen LogP contribution in [0.2, 0.25) is 0 Å². The maximum absolute atomic E-state index is 12.1. The van der Waals surface area contributed by atoms with Crippen LogP contribution in [0.5, 0.6) is 0 Å².